The van der Waals surface area contributed by atoms with Crippen molar-refractivity contribution in [1.82, 2.24) is 0 Å². The predicted octanol–water partition coefficient (Wildman–Crippen LogP) is 1.54. The molecular weight excluding hydrogens is 212 g/mol. The molecule has 86 valence electrons. The van der Waals surface area contributed by atoms with Crippen molar-refractivity contribution in [3.05, 3.63) is 0 Å². The standard InChI is InChI=1S/C11H18O3S/c1-10(2)13-7-6-15-11(9(7)14-10)5-3-4-8(11)12/h7-9,12H,3-6H2,1-2H3/t7-,8+,9-,11-/m0/s1. The third-order valence-corrected chi connectivity index (χ3v) is 5.53. The molecule has 0 amide bonds. The summed E-state index contributed by atoms with van der Waals surface area (Å²) in [6.45, 7) is 3.93. The Balaban J connectivity index is 1.88. The lowest BCUT2D eigenvalue weighted by molar-refractivity contribution is -0.150. The van der Waals surface area contributed by atoms with Gasteiger partial charge in [-0.05, 0) is 33.1 Å². The third-order valence-electron chi connectivity index (χ3n) is 3.79. The number of rotatable bonds is 0. The lowest BCUT2D eigenvalue weighted by Crippen LogP contribution is -2.45. The van der Waals surface area contributed by atoms with Gasteiger partial charge in [0.15, 0.2) is 5.79 Å². The van der Waals surface area contributed by atoms with Gasteiger partial charge in [-0.1, -0.05) is 0 Å². The maximum Gasteiger partial charge on any atom is 0.163 e. The highest BCUT2D eigenvalue weighted by atomic mass is 32.2. The zero-order valence-corrected chi connectivity index (χ0v) is 10.0. The largest absolute Gasteiger partial charge is 0.392 e. The second-order valence-corrected chi connectivity index (χ2v) is 6.65. The van der Waals surface area contributed by atoms with Crippen LogP contribution in [0.15, 0.2) is 0 Å². The van der Waals surface area contributed by atoms with Crippen LogP contribution in [0, 0.1) is 0 Å². The summed E-state index contributed by atoms with van der Waals surface area (Å²) in [5, 5.41) is 10.1. The van der Waals surface area contributed by atoms with Crippen LogP contribution in [-0.4, -0.2) is 39.7 Å². The molecule has 1 aliphatic carbocycles. The summed E-state index contributed by atoms with van der Waals surface area (Å²) in [4.78, 5) is 0. The molecule has 0 radical (unpaired) electrons. The van der Waals surface area contributed by atoms with Crippen molar-refractivity contribution in [2.24, 2.45) is 0 Å². The number of thioether (sulfide) groups is 1. The molecule has 3 nitrogen and oxygen atoms in total. The molecule has 3 fully saturated rings. The molecular formula is C11H18O3S. The molecule has 1 saturated carbocycles. The van der Waals surface area contributed by atoms with E-state index < -0.39 is 5.79 Å². The van der Waals surface area contributed by atoms with Crippen molar-refractivity contribution >= 4 is 11.8 Å². The van der Waals surface area contributed by atoms with E-state index >= 15 is 0 Å². The van der Waals surface area contributed by atoms with E-state index in [9.17, 15) is 5.11 Å². The fourth-order valence-electron chi connectivity index (χ4n) is 3.17. The van der Waals surface area contributed by atoms with Crippen LogP contribution in [0.3, 0.4) is 0 Å². The van der Waals surface area contributed by atoms with Gasteiger partial charge in [-0.2, -0.15) is 0 Å². The third kappa shape index (κ3) is 1.38. The molecule has 0 aromatic carbocycles. The normalized spacial score (nSPS) is 52.6. The number of fused-ring (bicyclic) bond motifs is 2. The van der Waals surface area contributed by atoms with Crippen LogP contribution in [-0.2, 0) is 9.47 Å². The SMILES string of the molecule is CC1(C)O[C@H]2CS[C@]3(CCC[C@H]3O)[C@H]2O1. The Bertz CT molecular complexity index is 281. The van der Waals surface area contributed by atoms with E-state index in [1.54, 1.807) is 0 Å². The van der Waals surface area contributed by atoms with E-state index in [2.05, 4.69) is 0 Å². The summed E-state index contributed by atoms with van der Waals surface area (Å²) in [6.07, 6.45) is 3.16. The average molecular weight is 230 g/mol. The summed E-state index contributed by atoms with van der Waals surface area (Å²) in [6, 6.07) is 0. The average Bonchev–Trinajstić information content (AvgIpc) is 2.72. The van der Waals surface area contributed by atoms with Gasteiger partial charge in [0.2, 0.25) is 0 Å². The second kappa shape index (κ2) is 3.13. The summed E-state index contributed by atoms with van der Waals surface area (Å²) >= 11 is 1.85. The molecule has 0 unspecified atom stereocenters. The Morgan fingerprint density at radius 2 is 2.13 bits per heavy atom. The zero-order chi connectivity index (χ0) is 10.7. The Labute approximate surface area is 94.5 Å². The molecule has 2 heterocycles. The first-order chi connectivity index (χ1) is 7.04. The van der Waals surface area contributed by atoms with Crippen molar-refractivity contribution in [3.63, 3.8) is 0 Å². The van der Waals surface area contributed by atoms with Gasteiger partial charge in [0, 0.05) is 5.75 Å². The van der Waals surface area contributed by atoms with Crippen LogP contribution < -0.4 is 0 Å². The lowest BCUT2D eigenvalue weighted by Gasteiger charge is -2.33. The van der Waals surface area contributed by atoms with E-state index in [1.807, 2.05) is 25.6 Å². The Kier molecular flexibility index (Phi) is 2.16. The fourth-order valence-corrected chi connectivity index (χ4v) is 4.85. The van der Waals surface area contributed by atoms with Crippen molar-refractivity contribution < 1.29 is 14.6 Å². The smallest absolute Gasteiger partial charge is 0.163 e. The van der Waals surface area contributed by atoms with Crippen molar-refractivity contribution in [2.75, 3.05) is 5.75 Å². The first kappa shape index (κ1) is 10.4. The molecule has 4 heteroatoms. The van der Waals surface area contributed by atoms with Gasteiger partial charge < -0.3 is 14.6 Å². The van der Waals surface area contributed by atoms with E-state index in [0.717, 1.165) is 25.0 Å². The number of hydrogen-bond donors (Lipinski definition) is 1. The highest BCUT2D eigenvalue weighted by molar-refractivity contribution is 8.01. The van der Waals surface area contributed by atoms with Crippen molar-refractivity contribution in [1.29, 1.82) is 0 Å². The molecule has 1 spiro atoms. The maximum absolute atomic E-state index is 10.1. The van der Waals surface area contributed by atoms with Crippen LogP contribution in [0.5, 0.6) is 0 Å². The van der Waals surface area contributed by atoms with Gasteiger partial charge in [-0.25, -0.2) is 0 Å². The van der Waals surface area contributed by atoms with Crippen LogP contribution in [0.2, 0.25) is 0 Å². The summed E-state index contributed by atoms with van der Waals surface area (Å²) in [5.41, 5.74) is 0. The highest BCUT2D eigenvalue weighted by Gasteiger charge is 2.61. The summed E-state index contributed by atoms with van der Waals surface area (Å²) in [5.74, 6) is 0.497. The minimum Gasteiger partial charge on any atom is -0.392 e. The Morgan fingerprint density at radius 1 is 1.33 bits per heavy atom. The van der Waals surface area contributed by atoms with Crippen molar-refractivity contribution in [2.45, 2.75) is 62.0 Å². The molecule has 0 aromatic rings. The zero-order valence-electron chi connectivity index (χ0n) is 9.23. The fraction of sp³-hybridized carbons (Fsp3) is 1.00. The van der Waals surface area contributed by atoms with E-state index in [0.29, 0.717) is 0 Å². The van der Waals surface area contributed by atoms with Gasteiger partial charge in [0.05, 0.1) is 17.0 Å². The van der Waals surface area contributed by atoms with Gasteiger partial charge in [0.1, 0.15) is 6.10 Å². The first-order valence-electron chi connectivity index (χ1n) is 5.71. The minimum atomic E-state index is -0.467. The van der Waals surface area contributed by atoms with Gasteiger partial charge in [-0.3, -0.25) is 0 Å². The molecule has 3 aliphatic rings. The van der Waals surface area contributed by atoms with E-state index in [1.165, 1.54) is 0 Å². The number of hydrogen-bond acceptors (Lipinski definition) is 4. The molecule has 3 rings (SSSR count). The predicted molar refractivity (Wildman–Crippen MR) is 58.9 cm³/mol. The second-order valence-electron chi connectivity index (χ2n) is 5.27. The molecule has 15 heavy (non-hydrogen) atoms. The summed E-state index contributed by atoms with van der Waals surface area (Å²) in [7, 11) is 0. The highest BCUT2D eigenvalue weighted by Crippen LogP contribution is 2.55. The molecule has 2 saturated heterocycles. The topological polar surface area (TPSA) is 38.7 Å². The Morgan fingerprint density at radius 3 is 2.80 bits per heavy atom. The molecule has 2 aliphatic heterocycles. The number of ether oxygens (including phenoxy) is 2. The number of aliphatic hydroxyl groups excluding tert-OH is 1. The van der Waals surface area contributed by atoms with E-state index in [4.69, 9.17) is 9.47 Å². The van der Waals surface area contributed by atoms with Crippen LogP contribution in [0.1, 0.15) is 33.1 Å². The van der Waals surface area contributed by atoms with Gasteiger partial charge in [0.25, 0.3) is 0 Å². The molecule has 4 atom stereocenters. The molecule has 0 aromatic heterocycles. The summed E-state index contributed by atoms with van der Waals surface area (Å²) < 4.78 is 11.8. The minimum absolute atomic E-state index is 0.0710. The molecule has 0 bridgehead atoms. The lowest BCUT2D eigenvalue weighted by atomic mass is 9.94. The van der Waals surface area contributed by atoms with Crippen LogP contribution >= 0.6 is 11.8 Å². The molecule has 1 N–H and O–H groups in total. The maximum atomic E-state index is 10.1. The van der Waals surface area contributed by atoms with Crippen LogP contribution in [0.25, 0.3) is 0 Å². The van der Waals surface area contributed by atoms with E-state index in [-0.39, 0.29) is 23.1 Å². The Hall–Kier alpha value is 0.230. The number of aliphatic hydroxyl groups is 1. The van der Waals surface area contributed by atoms with Crippen molar-refractivity contribution in [3.8, 4) is 0 Å². The van der Waals surface area contributed by atoms with Crippen LogP contribution in [0.4, 0.5) is 0 Å². The van der Waals surface area contributed by atoms with Gasteiger partial charge >= 0.3 is 0 Å². The first-order valence-corrected chi connectivity index (χ1v) is 6.70. The quantitative estimate of drug-likeness (QED) is 0.685. The monoisotopic (exact) mass is 230 g/mol. The van der Waals surface area contributed by atoms with Gasteiger partial charge in [-0.15, -0.1) is 11.8 Å².